The first-order valence-electron chi connectivity index (χ1n) is 7.25. The van der Waals surface area contributed by atoms with Crippen LogP contribution in [0, 0.1) is 0 Å². The maximum Gasteiger partial charge on any atom is 0.219 e. The average molecular weight is 262 g/mol. The second-order valence-corrected chi connectivity index (χ2v) is 5.55. The molecule has 19 heavy (non-hydrogen) atoms. The number of aliphatic imine (C=N–C) groups is 1. The highest BCUT2D eigenvalue weighted by Crippen LogP contribution is 2.25. The monoisotopic (exact) mass is 262 g/mol. The number of hydrogen-bond donors (Lipinski definition) is 1. The van der Waals surface area contributed by atoms with Crippen LogP contribution < -0.4 is 5.32 Å². The van der Waals surface area contributed by atoms with E-state index in [1.54, 1.807) is 6.92 Å². The number of allylic oxidation sites excluding steroid dienone is 2. The van der Waals surface area contributed by atoms with E-state index in [1.165, 1.54) is 24.1 Å². The normalized spacial score (nSPS) is 28.1. The highest BCUT2D eigenvalue weighted by atomic mass is 16.2. The van der Waals surface area contributed by atoms with Crippen LogP contribution in [0.4, 0.5) is 0 Å². The lowest BCUT2D eigenvalue weighted by Crippen LogP contribution is -2.55. The van der Waals surface area contributed by atoms with Gasteiger partial charge in [-0.15, -0.1) is 0 Å². The van der Waals surface area contributed by atoms with E-state index in [2.05, 4.69) is 21.4 Å². The molecule has 2 heterocycles. The topological polar surface area (TPSA) is 47.9 Å². The molecule has 1 aliphatic carbocycles. The number of piperazine rings is 1. The van der Waals surface area contributed by atoms with E-state index < -0.39 is 0 Å². The Labute approximate surface area is 114 Å². The van der Waals surface area contributed by atoms with Crippen LogP contribution in [0.3, 0.4) is 0 Å². The molecule has 1 saturated heterocycles. The van der Waals surface area contributed by atoms with Crippen LogP contribution in [-0.4, -0.2) is 54.4 Å². The lowest BCUT2D eigenvalue weighted by atomic mass is 9.96. The van der Waals surface area contributed by atoms with Gasteiger partial charge in [-0.2, -0.15) is 0 Å². The fraction of sp³-hybridized carbons (Fsp3) is 0.714. The predicted molar refractivity (Wildman–Crippen MR) is 74.7 cm³/mol. The molecule has 5 nitrogen and oxygen atoms in total. The summed E-state index contributed by atoms with van der Waals surface area (Å²) >= 11 is 0. The van der Waals surface area contributed by atoms with Crippen molar-refractivity contribution < 1.29 is 4.79 Å². The minimum absolute atomic E-state index is 0.0750. The molecule has 0 aromatic heterocycles. The number of carbonyl (C=O) groups is 1. The predicted octanol–water partition coefficient (Wildman–Crippen LogP) is 0.936. The smallest absolute Gasteiger partial charge is 0.219 e. The number of carbonyl (C=O) groups excluding carboxylic acids is 1. The highest BCUT2D eigenvalue weighted by molar-refractivity contribution is 5.80. The maximum atomic E-state index is 11.3. The Hall–Kier alpha value is -1.36. The molecule has 104 valence electrons. The zero-order chi connectivity index (χ0) is 13.2. The van der Waals surface area contributed by atoms with Crippen LogP contribution in [0.25, 0.3) is 0 Å². The summed E-state index contributed by atoms with van der Waals surface area (Å²) in [6.45, 7) is 5.07. The minimum Gasteiger partial charge on any atom is -0.354 e. The SMILES string of the molecule is CC(=O)N1CCN(C2N=CC3=C(CCCC3)N2)CC1. The average Bonchev–Trinajstić information content (AvgIpc) is 2.47. The molecule has 1 amide bonds. The van der Waals surface area contributed by atoms with Gasteiger partial charge in [0.2, 0.25) is 5.91 Å². The first-order valence-corrected chi connectivity index (χ1v) is 7.25. The molecule has 0 aromatic rings. The molecule has 3 aliphatic rings. The van der Waals surface area contributed by atoms with Crippen molar-refractivity contribution in [3.63, 3.8) is 0 Å². The summed E-state index contributed by atoms with van der Waals surface area (Å²) < 4.78 is 0. The van der Waals surface area contributed by atoms with Crippen molar-refractivity contribution in [1.29, 1.82) is 0 Å². The van der Waals surface area contributed by atoms with Crippen LogP contribution in [0.2, 0.25) is 0 Å². The molecule has 1 fully saturated rings. The lowest BCUT2D eigenvalue weighted by molar-refractivity contribution is -0.130. The van der Waals surface area contributed by atoms with Gasteiger partial charge in [0.05, 0.1) is 0 Å². The van der Waals surface area contributed by atoms with E-state index in [4.69, 9.17) is 0 Å². The van der Waals surface area contributed by atoms with E-state index in [0.717, 1.165) is 39.0 Å². The molecule has 1 N–H and O–H groups in total. The Balaban J connectivity index is 1.59. The van der Waals surface area contributed by atoms with Crippen LogP contribution in [0.15, 0.2) is 16.3 Å². The van der Waals surface area contributed by atoms with Crippen LogP contribution in [0.1, 0.15) is 32.6 Å². The van der Waals surface area contributed by atoms with Crippen molar-refractivity contribution in [2.75, 3.05) is 26.2 Å². The van der Waals surface area contributed by atoms with Crippen molar-refractivity contribution in [2.24, 2.45) is 4.99 Å². The minimum atomic E-state index is 0.0750. The summed E-state index contributed by atoms with van der Waals surface area (Å²) in [5.74, 6) is 0.178. The number of nitrogens with zero attached hydrogens (tertiary/aromatic N) is 3. The molecule has 0 radical (unpaired) electrons. The summed E-state index contributed by atoms with van der Waals surface area (Å²) in [7, 11) is 0. The zero-order valence-corrected chi connectivity index (χ0v) is 11.6. The standard InChI is InChI=1S/C14H22N4O/c1-11(19)17-6-8-18(9-7-17)14-15-10-12-4-2-3-5-13(12)16-14/h10,14,16H,2-9H2,1H3. The molecule has 0 spiro atoms. The summed E-state index contributed by atoms with van der Waals surface area (Å²) in [6, 6.07) is 0. The van der Waals surface area contributed by atoms with Crippen molar-refractivity contribution >= 4 is 12.1 Å². The van der Waals surface area contributed by atoms with Gasteiger partial charge < -0.3 is 10.2 Å². The summed E-state index contributed by atoms with van der Waals surface area (Å²) in [6.07, 6.45) is 7.03. The third-order valence-corrected chi connectivity index (χ3v) is 4.29. The van der Waals surface area contributed by atoms with E-state index >= 15 is 0 Å². The van der Waals surface area contributed by atoms with Gasteiger partial charge in [0.15, 0.2) is 6.29 Å². The third kappa shape index (κ3) is 2.66. The molecule has 5 heteroatoms. The van der Waals surface area contributed by atoms with E-state index in [9.17, 15) is 4.79 Å². The van der Waals surface area contributed by atoms with Gasteiger partial charge in [0.1, 0.15) is 0 Å². The van der Waals surface area contributed by atoms with Crippen LogP contribution in [-0.2, 0) is 4.79 Å². The molecule has 2 aliphatic heterocycles. The third-order valence-electron chi connectivity index (χ3n) is 4.29. The molecule has 1 atom stereocenters. The van der Waals surface area contributed by atoms with Gasteiger partial charge >= 0.3 is 0 Å². The molecule has 0 aromatic carbocycles. The molecule has 0 bridgehead atoms. The maximum absolute atomic E-state index is 11.3. The Kier molecular flexibility index (Phi) is 3.55. The fourth-order valence-electron chi connectivity index (χ4n) is 3.06. The first-order chi connectivity index (χ1) is 9.24. The van der Waals surface area contributed by atoms with E-state index in [-0.39, 0.29) is 12.2 Å². The second kappa shape index (κ2) is 5.33. The van der Waals surface area contributed by atoms with Gasteiger partial charge in [0.25, 0.3) is 0 Å². The second-order valence-electron chi connectivity index (χ2n) is 5.55. The van der Waals surface area contributed by atoms with E-state index in [1.807, 2.05) is 4.90 Å². The summed E-state index contributed by atoms with van der Waals surface area (Å²) in [4.78, 5) is 20.2. The van der Waals surface area contributed by atoms with E-state index in [0.29, 0.717) is 0 Å². The Morgan fingerprint density at radius 2 is 2.00 bits per heavy atom. The van der Waals surface area contributed by atoms with Crippen LogP contribution >= 0.6 is 0 Å². The molecule has 0 saturated carbocycles. The van der Waals surface area contributed by atoms with Crippen molar-refractivity contribution in [1.82, 2.24) is 15.1 Å². The van der Waals surface area contributed by atoms with Gasteiger partial charge in [-0.25, -0.2) is 0 Å². The Morgan fingerprint density at radius 1 is 1.26 bits per heavy atom. The number of hydrogen-bond acceptors (Lipinski definition) is 4. The molecule has 1 unspecified atom stereocenters. The Bertz CT molecular complexity index is 421. The fourth-order valence-corrected chi connectivity index (χ4v) is 3.06. The van der Waals surface area contributed by atoms with Gasteiger partial charge in [-0.1, -0.05) is 0 Å². The highest BCUT2D eigenvalue weighted by Gasteiger charge is 2.27. The molecular formula is C14H22N4O. The molecule has 3 rings (SSSR count). The van der Waals surface area contributed by atoms with Crippen molar-refractivity contribution in [2.45, 2.75) is 38.9 Å². The Morgan fingerprint density at radius 3 is 2.74 bits per heavy atom. The molecular weight excluding hydrogens is 240 g/mol. The first kappa shape index (κ1) is 12.7. The van der Waals surface area contributed by atoms with Gasteiger partial charge in [0, 0.05) is 45.0 Å². The zero-order valence-electron chi connectivity index (χ0n) is 11.6. The number of rotatable bonds is 1. The van der Waals surface area contributed by atoms with Crippen molar-refractivity contribution in [3.05, 3.63) is 11.3 Å². The quantitative estimate of drug-likeness (QED) is 0.765. The van der Waals surface area contributed by atoms with Gasteiger partial charge in [-0.3, -0.25) is 14.7 Å². The summed E-state index contributed by atoms with van der Waals surface area (Å²) in [5, 5.41) is 3.57. The van der Waals surface area contributed by atoms with Crippen molar-refractivity contribution in [3.8, 4) is 0 Å². The van der Waals surface area contributed by atoms with Gasteiger partial charge in [-0.05, 0) is 31.3 Å². The summed E-state index contributed by atoms with van der Waals surface area (Å²) in [5.41, 5.74) is 2.78. The largest absolute Gasteiger partial charge is 0.354 e. The van der Waals surface area contributed by atoms with Crippen LogP contribution in [0.5, 0.6) is 0 Å². The number of amides is 1. The lowest BCUT2D eigenvalue weighted by Gasteiger charge is -2.39. The number of nitrogens with one attached hydrogen (secondary N) is 1.